The maximum absolute atomic E-state index is 12.7. The second kappa shape index (κ2) is 7.78. The van der Waals surface area contributed by atoms with Gasteiger partial charge in [0.1, 0.15) is 11.3 Å². The zero-order chi connectivity index (χ0) is 20.4. The minimum atomic E-state index is -0.188. The van der Waals surface area contributed by atoms with Gasteiger partial charge in [0.15, 0.2) is 11.5 Å². The van der Waals surface area contributed by atoms with Crippen LogP contribution in [0.2, 0.25) is 0 Å². The average molecular weight is 394 g/mol. The molecule has 0 atom stereocenters. The average Bonchev–Trinajstić information content (AvgIpc) is 2.77. The van der Waals surface area contributed by atoms with E-state index in [1.807, 2.05) is 11.0 Å². The molecule has 1 aliphatic heterocycles. The molecule has 0 unspecified atom stereocenters. The van der Waals surface area contributed by atoms with Gasteiger partial charge in [-0.3, -0.25) is 9.36 Å². The van der Waals surface area contributed by atoms with Crippen molar-refractivity contribution in [3.05, 3.63) is 52.9 Å². The molecule has 1 saturated heterocycles. The number of nitrogens with one attached hydrogen (secondary N) is 1. The number of benzene rings is 1. The fraction of sp³-hybridized carbons (Fsp3) is 0.300. The molecule has 3 aromatic rings. The number of hydrogen-bond donors (Lipinski definition) is 1. The van der Waals surface area contributed by atoms with Gasteiger partial charge in [-0.05, 0) is 36.4 Å². The summed E-state index contributed by atoms with van der Waals surface area (Å²) < 4.78 is 6.64. The van der Waals surface area contributed by atoms with Crippen molar-refractivity contribution in [1.29, 1.82) is 0 Å². The Balaban J connectivity index is 1.44. The third-order valence-corrected chi connectivity index (χ3v) is 5.01. The minimum absolute atomic E-state index is 0.168. The van der Waals surface area contributed by atoms with E-state index in [-0.39, 0.29) is 11.6 Å². The summed E-state index contributed by atoms with van der Waals surface area (Å²) in [6.07, 6.45) is 1.64. The van der Waals surface area contributed by atoms with E-state index >= 15 is 0 Å². The lowest BCUT2D eigenvalue weighted by molar-refractivity contribution is 0.208. The van der Waals surface area contributed by atoms with Gasteiger partial charge < -0.3 is 19.9 Å². The lowest BCUT2D eigenvalue weighted by Gasteiger charge is -2.35. The SMILES string of the molecule is COc1ccc(NC(=O)N2CCN(c3nc4cccnc4n(C)c3=O)CC2)cc1. The van der Waals surface area contributed by atoms with Crippen LogP contribution in [0.4, 0.5) is 16.3 Å². The van der Waals surface area contributed by atoms with Gasteiger partial charge in [0, 0.05) is 45.1 Å². The third kappa shape index (κ3) is 3.71. The first-order valence-corrected chi connectivity index (χ1v) is 9.33. The van der Waals surface area contributed by atoms with Crippen molar-refractivity contribution in [2.45, 2.75) is 0 Å². The highest BCUT2D eigenvalue weighted by atomic mass is 16.5. The Hall–Kier alpha value is -3.62. The number of methoxy groups -OCH3 is 1. The Labute approximate surface area is 167 Å². The number of aryl methyl sites for hydroxylation is 1. The summed E-state index contributed by atoms with van der Waals surface area (Å²) in [5.74, 6) is 1.12. The predicted molar refractivity (Wildman–Crippen MR) is 111 cm³/mol. The molecule has 9 nitrogen and oxygen atoms in total. The summed E-state index contributed by atoms with van der Waals surface area (Å²) in [4.78, 5) is 37.6. The quantitative estimate of drug-likeness (QED) is 0.727. The highest BCUT2D eigenvalue weighted by molar-refractivity contribution is 5.89. The summed E-state index contributed by atoms with van der Waals surface area (Å²) in [5, 5.41) is 2.89. The Morgan fingerprint density at radius 1 is 1.10 bits per heavy atom. The maximum Gasteiger partial charge on any atom is 0.321 e. The number of aromatic nitrogens is 3. The zero-order valence-electron chi connectivity index (χ0n) is 16.3. The molecule has 1 aliphatic rings. The van der Waals surface area contributed by atoms with Gasteiger partial charge in [-0.1, -0.05) is 0 Å². The van der Waals surface area contributed by atoms with Gasteiger partial charge in [0.25, 0.3) is 5.56 Å². The largest absolute Gasteiger partial charge is 0.497 e. The van der Waals surface area contributed by atoms with Crippen molar-refractivity contribution in [2.24, 2.45) is 7.05 Å². The van der Waals surface area contributed by atoms with Crippen LogP contribution in [0.1, 0.15) is 0 Å². The van der Waals surface area contributed by atoms with E-state index in [9.17, 15) is 9.59 Å². The van der Waals surface area contributed by atoms with Crippen LogP contribution >= 0.6 is 0 Å². The molecule has 0 saturated carbocycles. The van der Waals surface area contributed by atoms with E-state index in [2.05, 4.69) is 15.3 Å². The third-order valence-electron chi connectivity index (χ3n) is 5.01. The van der Waals surface area contributed by atoms with Crippen molar-refractivity contribution in [2.75, 3.05) is 43.5 Å². The molecule has 9 heteroatoms. The number of pyridine rings is 1. The van der Waals surface area contributed by atoms with Crippen LogP contribution in [0.3, 0.4) is 0 Å². The van der Waals surface area contributed by atoms with Crippen LogP contribution in [0.25, 0.3) is 11.2 Å². The van der Waals surface area contributed by atoms with Crippen molar-refractivity contribution in [1.82, 2.24) is 19.4 Å². The van der Waals surface area contributed by atoms with Crippen molar-refractivity contribution in [3.63, 3.8) is 0 Å². The molecule has 1 aromatic carbocycles. The molecule has 4 rings (SSSR count). The van der Waals surface area contributed by atoms with E-state index in [4.69, 9.17) is 4.74 Å². The van der Waals surface area contributed by atoms with Crippen LogP contribution in [0.5, 0.6) is 5.75 Å². The summed E-state index contributed by atoms with van der Waals surface area (Å²) in [7, 11) is 3.29. The number of hydrogen-bond acceptors (Lipinski definition) is 6. The van der Waals surface area contributed by atoms with Crippen LogP contribution < -0.4 is 20.5 Å². The van der Waals surface area contributed by atoms with Crippen LogP contribution in [0, 0.1) is 0 Å². The van der Waals surface area contributed by atoms with Crippen molar-refractivity contribution >= 4 is 28.7 Å². The van der Waals surface area contributed by atoms with Gasteiger partial charge in [-0.25, -0.2) is 14.8 Å². The predicted octanol–water partition coefficient (Wildman–Crippen LogP) is 1.69. The van der Waals surface area contributed by atoms with Crippen molar-refractivity contribution in [3.8, 4) is 5.75 Å². The number of carbonyl (C=O) groups excluding carboxylic acids is 1. The monoisotopic (exact) mass is 394 g/mol. The Morgan fingerprint density at radius 2 is 1.83 bits per heavy atom. The molecule has 150 valence electrons. The first kappa shape index (κ1) is 18.7. The van der Waals surface area contributed by atoms with E-state index in [0.29, 0.717) is 48.8 Å². The molecule has 0 bridgehead atoms. The van der Waals surface area contributed by atoms with Gasteiger partial charge in [0.2, 0.25) is 0 Å². The standard InChI is InChI=1S/C20H22N6O3/c1-24-17-16(4-3-9-21-17)23-18(19(24)27)25-10-12-26(13-11-25)20(28)22-14-5-7-15(29-2)8-6-14/h3-9H,10-13H2,1-2H3,(H,22,28). The zero-order valence-corrected chi connectivity index (χ0v) is 16.3. The van der Waals surface area contributed by atoms with Crippen LogP contribution in [0.15, 0.2) is 47.4 Å². The molecule has 0 radical (unpaired) electrons. The molecule has 2 aromatic heterocycles. The summed E-state index contributed by atoms with van der Waals surface area (Å²) in [6.45, 7) is 2.06. The van der Waals surface area contributed by atoms with E-state index in [0.717, 1.165) is 5.75 Å². The Kier molecular flexibility index (Phi) is 5.03. The number of carbonyl (C=O) groups is 1. The molecular weight excluding hydrogens is 372 g/mol. The molecule has 1 fully saturated rings. The van der Waals surface area contributed by atoms with Gasteiger partial charge in [0.05, 0.1) is 7.11 Å². The van der Waals surface area contributed by atoms with Crippen molar-refractivity contribution < 1.29 is 9.53 Å². The lowest BCUT2D eigenvalue weighted by Crippen LogP contribution is -2.51. The van der Waals surface area contributed by atoms with Gasteiger partial charge in [-0.15, -0.1) is 0 Å². The van der Waals surface area contributed by atoms with Crippen LogP contribution in [-0.4, -0.2) is 58.8 Å². The number of urea groups is 1. The minimum Gasteiger partial charge on any atom is -0.497 e. The number of anilines is 2. The summed E-state index contributed by atoms with van der Waals surface area (Å²) in [6, 6.07) is 10.6. The second-order valence-electron chi connectivity index (χ2n) is 6.78. The Bertz CT molecular complexity index is 1090. The fourth-order valence-corrected chi connectivity index (χ4v) is 3.35. The number of piperazine rings is 1. The topological polar surface area (TPSA) is 92.6 Å². The van der Waals surface area contributed by atoms with E-state index in [1.165, 1.54) is 4.57 Å². The molecule has 1 N–H and O–H groups in total. The smallest absolute Gasteiger partial charge is 0.321 e. The second-order valence-corrected chi connectivity index (χ2v) is 6.78. The number of nitrogens with zero attached hydrogens (tertiary/aromatic N) is 5. The number of rotatable bonds is 3. The molecular formula is C20H22N6O3. The molecule has 0 aliphatic carbocycles. The fourth-order valence-electron chi connectivity index (χ4n) is 3.35. The van der Waals surface area contributed by atoms with Gasteiger partial charge in [-0.2, -0.15) is 0 Å². The molecule has 2 amide bonds. The molecule has 29 heavy (non-hydrogen) atoms. The van der Waals surface area contributed by atoms with Crippen LogP contribution in [-0.2, 0) is 7.05 Å². The summed E-state index contributed by atoms with van der Waals surface area (Å²) >= 11 is 0. The molecule has 3 heterocycles. The number of ether oxygens (including phenoxy) is 1. The van der Waals surface area contributed by atoms with E-state index in [1.54, 1.807) is 55.6 Å². The maximum atomic E-state index is 12.7. The Morgan fingerprint density at radius 3 is 2.52 bits per heavy atom. The lowest BCUT2D eigenvalue weighted by atomic mass is 10.3. The van der Waals surface area contributed by atoms with Gasteiger partial charge >= 0.3 is 6.03 Å². The number of fused-ring (bicyclic) bond motifs is 1. The first-order chi connectivity index (χ1) is 14.1. The normalized spacial score (nSPS) is 14.1. The first-order valence-electron chi connectivity index (χ1n) is 9.33. The molecule has 0 spiro atoms. The number of amides is 2. The highest BCUT2D eigenvalue weighted by Gasteiger charge is 2.24. The summed E-state index contributed by atoms with van der Waals surface area (Å²) in [5.41, 5.74) is 1.74. The van der Waals surface area contributed by atoms with E-state index < -0.39 is 0 Å². The highest BCUT2D eigenvalue weighted by Crippen LogP contribution is 2.17.